The van der Waals surface area contributed by atoms with Gasteiger partial charge in [-0.2, -0.15) is 0 Å². The van der Waals surface area contributed by atoms with Gasteiger partial charge in [-0.15, -0.1) is 0 Å². The molecule has 6 nitrogen and oxygen atoms in total. The van der Waals surface area contributed by atoms with E-state index in [0.29, 0.717) is 6.54 Å². The molecular weight excluding hydrogens is 390 g/mol. The van der Waals surface area contributed by atoms with Gasteiger partial charge in [0.15, 0.2) is 0 Å². The summed E-state index contributed by atoms with van der Waals surface area (Å²) < 4.78 is 0. The largest absolute Gasteiger partial charge is 0.507 e. The number of carbonyl (C=O) groups is 1. The number of aromatic hydroxyl groups is 2. The van der Waals surface area contributed by atoms with Crippen molar-refractivity contribution in [3.8, 4) is 11.5 Å². The van der Waals surface area contributed by atoms with Crippen LogP contribution in [0.2, 0.25) is 5.02 Å². The lowest BCUT2D eigenvalue weighted by Gasteiger charge is -2.28. The first kappa shape index (κ1) is 20.0. The number of hydrogen-bond donors (Lipinski definition) is 3. The van der Waals surface area contributed by atoms with Crippen LogP contribution in [0, 0.1) is 0 Å². The van der Waals surface area contributed by atoms with Crippen LogP contribution in [0.5, 0.6) is 11.5 Å². The molecule has 0 spiro atoms. The summed E-state index contributed by atoms with van der Waals surface area (Å²) in [4.78, 5) is 17.4. The zero-order valence-electron chi connectivity index (χ0n) is 16.3. The van der Waals surface area contributed by atoms with Crippen LogP contribution in [0.3, 0.4) is 0 Å². The highest BCUT2D eigenvalue weighted by atomic mass is 35.5. The Morgan fingerprint density at radius 1 is 1.10 bits per heavy atom. The lowest BCUT2D eigenvalue weighted by molar-refractivity contribution is 0.0732. The first-order chi connectivity index (χ1) is 14.0. The third-order valence-corrected chi connectivity index (χ3v) is 6.06. The Labute approximate surface area is 175 Å². The fourth-order valence-corrected chi connectivity index (χ4v) is 4.42. The summed E-state index contributed by atoms with van der Waals surface area (Å²) in [5.74, 6) is -0.756. The highest BCUT2D eigenvalue weighted by Crippen LogP contribution is 2.37. The maximum atomic E-state index is 13.1. The topological polar surface area (TPSA) is 76.0 Å². The molecule has 0 aromatic heterocycles. The third kappa shape index (κ3) is 4.34. The van der Waals surface area contributed by atoms with Crippen molar-refractivity contribution in [2.24, 2.45) is 0 Å². The van der Waals surface area contributed by atoms with Crippen molar-refractivity contribution in [2.45, 2.75) is 25.4 Å². The lowest BCUT2D eigenvalue weighted by atomic mass is 10.0. The van der Waals surface area contributed by atoms with Gasteiger partial charge in [0, 0.05) is 45.3 Å². The highest BCUT2D eigenvalue weighted by molar-refractivity contribution is 6.32. The lowest BCUT2D eigenvalue weighted by Crippen LogP contribution is -2.42. The van der Waals surface area contributed by atoms with Crippen molar-refractivity contribution < 1.29 is 15.0 Å². The summed E-state index contributed by atoms with van der Waals surface area (Å²) in [6, 6.07) is 10.9. The summed E-state index contributed by atoms with van der Waals surface area (Å²) in [6.45, 7) is 5.65. The van der Waals surface area contributed by atoms with Crippen LogP contribution in [-0.2, 0) is 6.54 Å². The standard InChI is InChI=1S/C22H26ClN3O3/c23-18-12-17(20(27)13-21(18)28)22(29)26-8-2-5-19(26)16-4-1-3-15(11-16)14-25-9-6-24-7-10-25/h1,3-4,11-13,19,24,27-28H,2,5-10,14H2. The van der Waals surface area contributed by atoms with Crippen molar-refractivity contribution in [3.05, 3.63) is 58.1 Å². The summed E-state index contributed by atoms with van der Waals surface area (Å²) in [7, 11) is 0. The fourth-order valence-electron chi connectivity index (χ4n) is 4.26. The second-order valence-electron chi connectivity index (χ2n) is 7.75. The zero-order valence-corrected chi connectivity index (χ0v) is 17.0. The summed E-state index contributed by atoms with van der Waals surface area (Å²) >= 11 is 5.96. The molecule has 7 heteroatoms. The Hall–Kier alpha value is -2.28. The maximum Gasteiger partial charge on any atom is 0.258 e. The van der Waals surface area contributed by atoms with E-state index in [1.807, 2.05) is 0 Å². The number of likely N-dealkylation sites (tertiary alicyclic amines) is 1. The molecular formula is C22H26ClN3O3. The Balaban J connectivity index is 1.54. The molecule has 4 rings (SSSR count). The number of nitrogens with one attached hydrogen (secondary N) is 1. The van der Waals surface area contributed by atoms with Gasteiger partial charge in [-0.25, -0.2) is 0 Å². The van der Waals surface area contributed by atoms with Crippen molar-refractivity contribution in [1.82, 2.24) is 15.1 Å². The van der Waals surface area contributed by atoms with Gasteiger partial charge in [0.25, 0.3) is 5.91 Å². The minimum Gasteiger partial charge on any atom is -0.507 e. The average molecular weight is 416 g/mol. The second kappa shape index (κ2) is 8.61. The van der Waals surface area contributed by atoms with Gasteiger partial charge in [-0.1, -0.05) is 35.9 Å². The number of benzene rings is 2. The molecule has 0 aliphatic carbocycles. The minimum atomic E-state index is -0.264. The van der Waals surface area contributed by atoms with Gasteiger partial charge in [-0.3, -0.25) is 9.69 Å². The van der Waals surface area contributed by atoms with E-state index in [-0.39, 0.29) is 34.0 Å². The van der Waals surface area contributed by atoms with Gasteiger partial charge in [0.05, 0.1) is 16.6 Å². The van der Waals surface area contributed by atoms with Crippen molar-refractivity contribution in [2.75, 3.05) is 32.7 Å². The average Bonchev–Trinajstić information content (AvgIpc) is 3.21. The van der Waals surface area contributed by atoms with Gasteiger partial charge >= 0.3 is 0 Å². The van der Waals surface area contributed by atoms with Crippen LogP contribution >= 0.6 is 11.6 Å². The van der Waals surface area contributed by atoms with E-state index in [0.717, 1.165) is 57.2 Å². The third-order valence-electron chi connectivity index (χ3n) is 5.76. The summed E-state index contributed by atoms with van der Waals surface area (Å²) in [6.07, 6.45) is 1.79. The van der Waals surface area contributed by atoms with Crippen molar-refractivity contribution in [3.63, 3.8) is 0 Å². The molecule has 2 aliphatic heterocycles. The van der Waals surface area contributed by atoms with Crippen LogP contribution in [0.1, 0.15) is 40.4 Å². The molecule has 1 unspecified atom stereocenters. The number of nitrogens with zero attached hydrogens (tertiary/aromatic N) is 2. The number of phenols is 2. The molecule has 2 saturated heterocycles. The van der Waals surface area contributed by atoms with E-state index in [2.05, 4.69) is 34.5 Å². The second-order valence-corrected chi connectivity index (χ2v) is 8.16. The monoisotopic (exact) mass is 415 g/mol. The zero-order chi connectivity index (χ0) is 20.4. The van der Waals surface area contributed by atoms with Crippen LogP contribution in [0.4, 0.5) is 0 Å². The first-order valence-corrected chi connectivity index (χ1v) is 10.4. The van der Waals surface area contributed by atoms with E-state index in [4.69, 9.17) is 11.6 Å². The van der Waals surface area contributed by atoms with Crippen LogP contribution in [0.15, 0.2) is 36.4 Å². The Morgan fingerprint density at radius 2 is 1.90 bits per heavy atom. The molecule has 2 fully saturated rings. The van der Waals surface area contributed by atoms with E-state index < -0.39 is 0 Å². The number of rotatable bonds is 4. The fraction of sp³-hybridized carbons (Fsp3) is 0.409. The number of phenolic OH excluding ortho intramolecular Hbond substituents is 2. The molecule has 2 aromatic rings. The minimum absolute atomic E-state index is 0.0301. The van der Waals surface area contributed by atoms with Gasteiger partial charge in [0.1, 0.15) is 11.5 Å². The van der Waals surface area contributed by atoms with Crippen LogP contribution in [0.25, 0.3) is 0 Å². The van der Waals surface area contributed by atoms with Gasteiger partial charge in [0.2, 0.25) is 0 Å². The first-order valence-electron chi connectivity index (χ1n) is 10.1. The normalized spacial score (nSPS) is 20.2. The van der Waals surface area contributed by atoms with Gasteiger partial charge in [-0.05, 0) is 30.0 Å². The molecule has 2 aromatic carbocycles. The Morgan fingerprint density at radius 3 is 2.69 bits per heavy atom. The van der Waals surface area contributed by atoms with E-state index >= 15 is 0 Å². The molecule has 0 saturated carbocycles. The molecule has 2 heterocycles. The Kier molecular flexibility index (Phi) is 5.94. The van der Waals surface area contributed by atoms with Gasteiger partial charge < -0.3 is 20.4 Å². The van der Waals surface area contributed by atoms with E-state index in [1.165, 1.54) is 11.6 Å². The summed E-state index contributed by atoms with van der Waals surface area (Å²) in [5.41, 5.74) is 2.49. The smallest absolute Gasteiger partial charge is 0.258 e. The number of carbonyl (C=O) groups excluding carboxylic acids is 1. The molecule has 1 atom stereocenters. The van der Waals surface area contributed by atoms with E-state index in [1.54, 1.807) is 4.90 Å². The quantitative estimate of drug-likeness (QED) is 0.715. The SMILES string of the molecule is O=C(c1cc(Cl)c(O)cc1O)N1CCCC1c1cccc(CN2CCNCC2)c1. The molecule has 2 aliphatic rings. The maximum absolute atomic E-state index is 13.1. The highest BCUT2D eigenvalue weighted by Gasteiger charge is 2.32. The number of halogens is 1. The van der Waals surface area contributed by atoms with E-state index in [9.17, 15) is 15.0 Å². The molecule has 3 N–H and O–H groups in total. The predicted octanol–water partition coefficient (Wildman–Crippen LogP) is 3.13. The Bertz CT molecular complexity index is 899. The van der Waals surface area contributed by atoms with Crippen molar-refractivity contribution in [1.29, 1.82) is 0 Å². The molecule has 154 valence electrons. The molecule has 0 bridgehead atoms. The van der Waals surface area contributed by atoms with Crippen molar-refractivity contribution >= 4 is 17.5 Å². The number of piperazine rings is 1. The number of hydrogen-bond acceptors (Lipinski definition) is 5. The summed E-state index contributed by atoms with van der Waals surface area (Å²) in [5, 5.41) is 23.2. The predicted molar refractivity (Wildman–Crippen MR) is 112 cm³/mol. The molecule has 29 heavy (non-hydrogen) atoms. The number of amides is 1. The molecule has 1 amide bonds. The molecule has 0 radical (unpaired) electrons. The van der Waals surface area contributed by atoms with Crippen LogP contribution < -0.4 is 5.32 Å². The van der Waals surface area contributed by atoms with Crippen LogP contribution in [-0.4, -0.2) is 58.6 Å².